The van der Waals surface area contributed by atoms with Gasteiger partial charge in [-0.05, 0) is 44.4 Å². The molecule has 144 valence electrons. The first kappa shape index (κ1) is 19.9. The quantitative estimate of drug-likeness (QED) is 0.618. The second-order valence-corrected chi connectivity index (χ2v) is 9.09. The van der Waals surface area contributed by atoms with Crippen molar-refractivity contribution in [3.8, 4) is 0 Å². The van der Waals surface area contributed by atoms with E-state index in [4.69, 9.17) is 11.6 Å². The molecule has 0 saturated heterocycles. The summed E-state index contributed by atoms with van der Waals surface area (Å²) in [6, 6.07) is 14.2. The van der Waals surface area contributed by atoms with Crippen LogP contribution in [0.25, 0.3) is 0 Å². The van der Waals surface area contributed by atoms with E-state index in [1.165, 1.54) is 4.88 Å². The standard InChI is InChI=1S/C21H25ClN2O2S/c1-15-8-11-19(27-15)13-23(12-17-6-4-3-5-7-17)20(25)14-24(18-9-10-18)21(26)16(2)22/h3-8,11,16,18H,9-10,12-14H2,1-2H3/t16-/m0/s1. The van der Waals surface area contributed by atoms with Gasteiger partial charge in [-0.2, -0.15) is 0 Å². The lowest BCUT2D eigenvalue weighted by atomic mass is 10.2. The molecule has 6 heteroatoms. The van der Waals surface area contributed by atoms with Crippen molar-refractivity contribution < 1.29 is 9.59 Å². The van der Waals surface area contributed by atoms with Gasteiger partial charge in [0.15, 0.2) is 0 Å². The van der Waals surface area contributed by atoms with Crippen LogP contribution in [0.5, 0.6) is 0 Å². The zero-order valence-electron chi connectivity index (χ0n) is 15.7. The minimum atomic E-state index is -0.610. The summed E-state index contributed by atoms with van der Waals surface area (Å²) in [5.41, 5.74) is 1.08. The average molecular weight is 405 g/mol. The van der Waals surface area contributed by atoms with Gasteiger partial charge in [0, 0.05) is 22.3 Å². The smallest absolute Gasteiger partial charge is 0.242 e. The van der Waals surface area contributed by atoms with Crippen molar-refractivity contribution in [1.82, 2.24) is 9.80 Å². The number of rotatable bonds is 8. The van der Waals surface area contributed by atoms with Crippen LogP contribution in [0.15, 0.2) is 42.5 Å². The highest BCUT2D eigenvalue weighted by Crippen LogP contribution is 2.28. The summed E-state index contributed by atoms with van der Waals surface area (Å²) in [4.78, 5) is 31.4. The van der Waals surface area contributed by atoms with Gasteiger partial charge in [0.1, 0.15) is 11.9 Å². The van der Waals surface area contributed by atoms with E-state index >= 15 is 0 Å². The Bertz CT molecular complexity index is 786. The summed E-state index contributed by atoms with van der Waals surface area (Å²) >= 11 is 7.70. The van der Waals surface area contributed by atoms with Crippen molar-refractivity contribution in [2.24, 2.45) is 0 Å². The number of aryl methyl sites for hydroxylation is 1. The molecule has 0 spiro atoms. The summed E-state index contributed by atoms with van der Waals surface area (Å²) in [5.74, 6) is -0.193. The van der Waals surface area contributed by atoms with E-state index in [0.717, 1.165) is 23.3 Å². The molecule has 0 radical (unpaired) electrons. The highest BCUT2D eigenvalue weighted by molar-refractivity contribution is 7.11. The van der Waals surface area contributed by atoms with Gasteiger partial charge >= 0.3 is 0 Å². The van der Waals surface area contributed by atoms with Crippen LogP contribution < -0.4 is 0 Å². The Morgan fingerprint density at radius 3 is 2.41 bits per heavy atom. The lowest BCUT2D eigenvalue weighted by molar-refractivity contribution is -0.141. The lowest BCUT2D eigenvalue weighted by Gasteiger charge is -2.28. The summed E-state index contributed by atoms with van der Waals surface area (Å²) in [6.07, 6.45) is 1.90. The Hall–Kier alpha value is -1.85. The Morgan fingerprint density at radius 1 is 1.15 bits per heavy atom. The molecular weight excluding hydrogens is 380 g/mol. The minimum Gasteiger partial charge on any atom is -0.332 e. The molecule has 3 rings (SSSR count). The number of benzene rings is 1. The van der Waals surface area contributed by atoms with Gasteiger partial charge in [0.05, 0.1) is 6.54 Å². The third-order valence-corrected chi connectivity index (χ3v) is 5.80. The number of thiophene rings is 1. The zero-order valence-corrected chi connectivity index (χ0v) is 17.3. The van der Waals surface area contributed by atoms with Crippen LogP contribution in [0.1, 0.15) is 35.1 Å². The van der Waals surface area contributed by atoms with Crippen molar-refractivity contribution in [2.45, 2.75) is 51.2 Å². The Balaban J connectivity index is 1.75. The minimum absolute atomic E-state index is 0.0394. The third-order valence-electron chi connectivity index (χ3n) is 4.63. The fourth-order valence-corrected chi connectivity index (χ4v) is 4.07. The van der Waals surface area contributed by atoms with Crippen LogP contribution >= 0.6 is 22.9 Å². The summed E-state index contributed by atoms with van der Waals surface area (Å²) in [7, 11) is 0. The molecular formula is C21H25ClN2O2S. The van der Waals surface area contributed by atoms with E-state index in [-0.39, 0.29) is 24.4 Å². The van der Waals surface area contributed by atoms with Crippen molar-refractivity contribution in [3.63, 3.8) is 0 Å². The number of nitrogens with zero attached hydrogens (tertiary/aromatic N) is 2. The van der Waals surface area contributed by atoms with Crippen molar-refractivity contribution in [3.05, 3.63) is 57.8 Å². The SMILES string of the molecule is Cc1ccc(CN(Cc2ccccc2)C(=O)CN(C(=O)[C@H](C)Cl)C2CC2)s1. The molecule has 2 amide bonds. The molecule has 1 aromatic heterocycles. The molecule has 4 nitrogen and oxygen atoms in total. The predicted molar refractivity (Wildman–Crippen MR) is 110 cm³/mol. The van der Waals surface area contributed by atoms with Crippen LogP contribution in [0.2, 0.25) is 0 Å². The maximum absolute atomic E-state index is 13.1. The van der Waals surface area contributed by atoms with E-state index in [1.807, 2.05) is 35.2 Å². The molecule has 1 saturated carbocycles. The monoisotopic (exact) mass is 404 g/mol. The van der Waals surface area contributed by atoms with E-state index in [0.29, 0.717) is 13.1 Å². The number of carbonyl (C=O) groups excluding carboxylic acids is 2. The molecule has 0 aliphatic heterocycles. The number of halogens is 1. The van der Waals surface area contributed by atoms with Crippen molar-refractivity contribution in [1.29, 1.82) is 0 Å². The first-order valence-electron chi connectivity index (χ1n) is 9.25. The van der Waals surface area contributed by atoms with Crippen LogP contribution in [0.4, 0.5) is 0 Å². The van der Waals surface area contributed by atoms with Crippen LogP contribution in [0, 0.1) is 6.92 Å². The fourth-order valence-electron chi connectivity index (χ4n) is 3.04. The Morgan fingerprint density at radius 2 is 1.85 bits per heavy atom. The number of hydrogen-bond donors (Lipinski definition) is 0. The molecule has 27 heavy (non-hydrogen) atoms. The van der Waals surface area contributed by atoms with Gasteiger partial charge < -0.3 is 9.80 Å². The number of alkyl halides is 1. The third kappa shape index (κ3) is 5.56. The molecule has 1 atom stereocenters. The van der Waals surface area contributed by atoms with Gasteiger partial charge in [-0.3, -0.25) is 9.59 Å². The van der Waals surface area contributed by atoms with Gasteiger partial charge in [-0.15, -0.1) is 22.9 Å². The van der Waals surface area contributed by atoms with Gasteiger partial charge in [0.2, 0.25) is 11.8 Å². The largest absolute Gasteiger partial charge is 0.332 e. The number of hydrogen-bond acceptors (Lipinski definition) is 3. The van der Waals surface area contributed by atoms with Crippen LogP contribution in [0.3, 0.4) is 0 Å². The molecule has 1 aliphatic carbocycles. The normalized spacial score (nSPS) is 14.6. The Kier molecular flexibility index (Phi) is 6.55. The van der Waals surface area contributed by atoms with Crippen LogP contribution in [-0.2, 0) is 22.7 Å². The van der Waals surface area contributed by atoms with Crippen molar-refractivity contribution in [2.75, 3.05) is 6.54 Å². The molecule has 0 N–H and O–H groups in total. The topological polar surface area (TPSA) is 40.6 Å². The second-order valence-electron chi connectivity index (χ2n) is 7.06. The van der Waals surface area contributed by atoms with E-state index < -0.39 is 5.38 Å². The van der Waals surface area contributed by atoms with E-state index in [1.54, 1.807) is 23.2 Å². The maximum Gasteiger partial charge on any atom is 0.242 e. The van der Waals surface area contributed by atoms with Gasteiger partial charge in [0.25, 0.3) is 0 Å². The maximum atomic E-state index is 13.1. The Labute approximate surface area is 169 Å². The highest BCUT2D eigenvalue weighted by atomic mass is 35.5. The molecule has 0 bridgehead atoms. The molecule has 1 heterocycles. The number of amides is 2. The summed E-state index contributed by atoms with van der Waals surface area (Å²) in [6.45, 7) is 4.90. The first-order chi connectivity index (χ1) is 12.9. The first-order valence-corrected chi connectivity index (χ1v) is 10.5. The fraction of sp³-hybridized carbons (Fsp3) is 0.429. The van der Waals surface area contributed by atoms with Crippen LogP contribution in [-0.4, -0.2) is 39.6 Å². The van der Waals surface area contributed by atoms with Crippen molar-refractivity contribution >= 4 is 34.8 Å². The average Bonchev–Trinajstić information content (AvgIpc) is 3.41. The van der Waals surface area contributed by atoms with Gasteiger partial charge in [-0.1, -0.05) is 30.3 Å². The highest BCUT2D eigenvalue weighted by Gasteiger charge is 2.36. The predicted octanol–water partition coefficient (Wildman–Crippen LogP) is 4.20. The summed E-state index contributed by atoms with van der Waals surface area (Å²) in [5, 5.41) is -0.610. The van der Waals surface area contributed by atoms with Gasteiger partial charge in [-0.25, -0.2) is 0 Å². The molecule has 2 aromatic rings. The molecule has 1 aliphatic rings. The second kappa shape index (κ2) is 8.89. The van der Waals surface area contributed by atoms with E-state index in [2.05, 4.69) is 19.1 Å². The number of carbonyl (C=O) groups is 2. The van der Waals surface area contributed by atoms with E-state index in [9.17, 15) is 9.59 Å². The molecule has 1 aromatic carbocycles. The zero-order chi connectivity index (χ0) is 19.4. The molecule has 0 unspecified atom stereocenters. The molecule has 1 fully saturated rings. The lowest BCUT2D eigenvalue weighted by Crippen LogP contribution is -2.45. The summed E-state index contributed by atoms with van der Waals surface area (Å²) < 4.78 is 0.